The van der Waals surface area contributed by atoms with Crippen molar-refractivity contribution >= 4 is 11.8 Å². The summed E-state index contributed by atoms with van der Waals surface area (Å²) in [5.74, 6) is 0.820. The summed E-state index contributed by atoms with van der Waals surface area (Å²) in [5, 5.41) is 8.93. The summed E-state index contributed by atoms with van der Waals surface area (Å²) in [7, 11) is 1.64. The summed E-state index contributed by atoms with van der Waals surface area (Å²) in [6.45, 7) is 0. The van der Waals surface area contributed by atoms with Gasteiger partial charge in [0.05, 0.1) is 7.11 Å². The van der Waals surface area contributed by atoms with E-state index in [1.807, 2.05) is 36.4 Å². The number of nitriles is 1. The van der Waals surface area contributed by atoms with Crippen LogP contribution in [0.4, 0.5) is 0 Å². The molecule has 1 aromatic heterocycles. The Morgan fingerprint density at radius 2 is 2.00 bits per heavy atom. The number of nitrogens with zero attached hydrogens (tertiary/aromatic N) is 2. The molecule has 2 aromatic rings. The molecule has 0 atom stereocenters. The van der Waals surface area contributed by atoms with Crippen LogP contribution in [0.3, 0.4) is 0 Å². The molecule has 17 heavy (non-hydrogen) atoms. The number of benzene rings is 1. The van der Waals surface area contributed by atoms with Gasteiger partial charge in [0.15, 0.2) is 5.69 Å². The molecule has 0 aliphatic carbocycles. The van der Waals surface area contributed by atoms with E-state index in [1.165, 1.54) is 11.8 Å². The molecule has 0 saturated heterocycles. The number of ether oxygens (including phenoxy) is 1. The predicted octanol–water partition coefficient (Wildman–Crippen LogP) is 3.11. The normalized spacial score (nSPS) is 9.65. The molecule has 1 heterocycles. The van der Waals surface area contributed by atoms with Crippen molar-refractivity contribution in [3.05, 3.63) is 48.3 Å². The third-order valence-corrected chi connectivity index (χ3v) is 3.22. The Labute approximate surface area is 104 Å². The summed E-state index contributed by atoms with van der Waals surface area (Å²) in [5.41, 5.74) is 0.452. The molecule has 2 rings (SSSR count). The topological polar surface area (TPSA) is 45.9 Å². The van der Waals surface area contributed by atoms with Crippen LogP contribution < -0.4 is 4.74 Å². The van der Waals surface area contributed by atoms with Gasteiger partial charge in [0, 0.05) is 16.0 Å². The Morgan fingerprint density at radius 3 is 2.65 bits per heavy atom. The highest BCUT2D eigenvalue weighted by atomic mass is 32.2. The molecule has 0 amide bonds. The van der Waals surface area contributed by atoms with Crippen LogP contribution in [0.5, 0.6) is 5.75 Å². The summed E-state index contributed by atoms with van der Waals surface area (Å²) in [6.07, 6.45) is 1.62. The van der Waals surface area contributed by atoms with E-state index in [9.17, 15) is 0 Å². The maximum absolute atomic E-state index is 8.93. The van der Waals surface area contributed by atoms with Crippen LogP contribution in [-0.2, 0) is 0 Å². The van der Waals surface area contributed by atoms with Gasteiger partial charge >= 0.3 is 0 Å². The van der Waals surface area contributed by atoms with Crippen LogP contribution in [0.1, 0.15) is 5.69 Å². The van der Waals surface area contributed by atoms with E-state index in [0.717, 1.165) is 15.5 Å². The van der Waals surface area contributed by atoms with Gasteiger partial charge in [-0.3, -0.25) is 0 Å². The van der Waals surface area contributed by atoms with E-state index in [0.29, 0.717) is 5.69 Å². The van der Waals surface area contributed by atoms with Crippen LogP contribution >= 0.6 is 11.8 Å². The first-order valence-electron chi connectivity index (χ1n) is 5.00. The van der Waals surface area contributed by atoms with Gasteiger partial charge in [0.1, 0.15) is 11.8 Å². The molecule has 0 aliphatic rings. The molecular formula is C13H10N2OS. The molecule has 0 saturated carbocycles. The number of methoxy groups -OCH3 is 1. The molecule has 0 radical (unpaired) electrons. The number of hydrogen-bond acceptors (Lipinski definition) is 4. The molecule has 0 fully saturated rings. The second-order valence-corrected chi connectivity index (χ2v) is 4.35. The quantitative estimate of drug-likeness (QED) is 0.829. The summed E-state index contributed by atoms with van der Waals surface area (Å²) >= 11 is 1.52. The Bertz CT molecular complexity index is 546. The molecule has 0 aliphatic heterocycles. The van der Waals surface area contributed by atoms with E-state index >= 15 is 0 Å². The standard InChI is InChI=1S/C13H10N2OS/c1-16-10-4-6-11(7-5-10)17-13-3-2-8-15-12(13)9-14/h2-8H,1H3. The lowest BCUT2D eigenvalue weighted by Crippen LogP contribution is -1.85. The first-order valence-corrected chi connectivity index (χ1v) is 5.82. The first-order chi connectivity index (χ1) is 8.33. The van der Waals surface area contributed by atoms with Crippen LogP contribution in [0.2, 0.25) is 0 Å². The number of aromatic nitrogens is 1. The largest absolute Gasteiger partial charge is 0.497 e. The van der Waals surface area contributed by atoms with Crippen molar-refractivity contribution in [2.24, 2.45) is 0 Å². The highest BCUT2D eigenvalue weighted by molar-refractivity contribution is 7.99. The van der Waals surface area contributed by atoms with Crippen LogP contribution in [0.25, 0.3) is 0 Å². The second-order valence-electron chi connectivity index (χ2n) is 3.24. The zero-order chi connectivity index (χ0) is 12.1. The van der Waals surface area contributed by atoms with Gasteiger partial charge < -0.3 is 4.74 Å². The van der Waals surface area contributed by atoms with Gasteiger partial charge in [-0.05, 0) is 36.4 Å². The monoisotopic (exact) mass is 242 g/mol. The zero-order valence-electron chi connectivity index (χ0n) is 9.25. The number of pyridine rings is 1. The van der Waals surface area contributed by atoms with E-state index in [1.54, 1.807) is 13.3 Å². The fourth-order valence-corrected chi connectivity index (χ4v) is 2.20. The Hall–Kier alpha value is -1.99. The Morgan fingerprint density at radius 1 is 1.24 bits per heavy atom. The van der Waals surface area contributed by atoms with Crippen molar-refractivity contribution in [2.75, 3.05) is 7.11 Å². The molecule has 0 spiro atoms. The summed E-state index contributed by atoms with van der Waals surface area (Å²) in [4.78, 5) is 5.93. The lowest BCUT2D eigenvalue weighted by atomic mass is 10.3. The smallest absolute Gasteiger partial charge is 0.154 e. The van der Waals surface area contributed by atoms with E-state index in [2.05, 4.69) is 11.1 Å². The Balaban J connectivity index is 2.23. The van der Waals surface area contributed by atoms with Crippen LogP contribution in [0.15, 0.2) is 52.4 Å². The molecule has 1 aromatic carbocycles. The van der Waals surface area contributed by atoms with Crippen molar-refractivity contribution in [3.63, 3.8) is 0 Å². The fourth-order valence-electron chi connectivity index (χ4n) is 1.33. The fraction of sp³-hybridized carbons (Fsp3) is 0.0769. The maximum Gasteiger partial charge on any atom is 0.154 e. The molecule has 84 valence electrons. The highest BCUT2D eigenvalue weighted by Gasteiger charge is 2.04. The van der Waals surface area contributed by atoms with E-state index < -0.39 is 0 Å². The molecule has 0 bridgehead atoms. The van der Waals surface area contributed by atoms with Gasteiger partial charge in [0.2, 0.25) is 0 Å². The van der Waals surface area contributed by atoms with Crippen molar-refractivity contribution in [2.45, 2.75) is 9.79 Å². The minimum absolute atomic E-state index is 0.452. The van der Waals surface area contributed by atoms with Crippen molar-refractivity contribution in [3.8, 4) is 11.8 Å². The lowest BCUT2D eigenvalue weighted by Gasteiger charge is -2.04. The minimum Gasteiger partial charge on any atom is -0.497 e. The number of rotatable bonds is 3. The van der Waals surface area contributed by atoms with Crippen molar-refractivity contribution < 1.29 is 4.74 Å². The van der Waals surface area contributed by atoms with Gasteiger partial charge in [-0.2, -0.15) is 5.26 Å². The second kappa shape index (κ2) is 5.37. The maximum atomic E-state index is 8.93. The third-order valence-electron chi connectivity index (χ3n) is 2.16. The summed E-state index contributed by atoms with van der Waals surface area (Å²) < 4.78 is 5.09. The number of hydrogen-bond donors (Lipinski definition) is 0. The lowest BCUT2D eigenvalue weighted by molar-refractivity contribution is 0.414. The predicted molar refractivity (Wildman–Crippen MR) is 66.1 cm³/mol. The molecule has 0 unspecified atom stereocenters. The minimum atomic E-state index is 0.452. The zero-order valence-corrected chi connectivity index (χ0v) is 10.1. The van der Waals surface area contributed by atoms with Gasteiger partial charge in [-0.1, -0.05) is 11.8 Å². The first kappa shape index (κ1) is 11.5. The van der Waals surface area contributed by atoms with Gasteiger partial charge in [-0.25, -0.2) is 4.98 Å². The molecule has 3 nitrogen and oxygen atoms in total. The van der Waals surface area contributed by atoms with Crippen molar-refractivity contribution in [1.82, 2.24) is 4.98 Å². The Kier molecular flexibility index (Phi) is 3.63. The van der Waals surface area contributed by atoms with Gasteiger partial charge in [0.25, 0.3) is 0 Å². The average Bonchev–Trinajstić information content (AvgIpc) is 2.40. The van der Waals surface area contributed by atoms with Crippen LogP contribution in [0, 0.1) is 11.3 Å². The highest BCUT2D eigenvalue weighted by Crippen LogP contribution is 2.30. The van der Waals surface area contributed by atoms with E-state index in [4.69, 9.17) is 10.00 Å². The third kappa shape index (κ3) is 2.77. The molecule has 0 N–H and O–H groups in total. The molecular weight excluding hydrogens is 232 g/mol. The van der Waals surface area contributed by atoms with Crippen molar-refractivity contribution in [1.29, 1.82) is 5.26 Å². The average molecular weight is 242 g/mol. The summed E-state index contributed by atoms with van der Waals surface area (Å²) in [6, 6.07) is 13.5. The van der Waals surface area contributed by atoms with Crippen LogP contribution in [-0.4, -0.2) is 12.1 Å². The molecule has 4 heteroatoms. The SMILES string of the molecule is COc1ccc(Sc2cccnc2C#N)cc1. The van der Waals surface area contributed by atoms with Gasteiger partial charge in [-0.15, -0.1) is 0 Å². The van der Waals surface area contributed by atoms with E-state index in [-0.39, 0.29) is 0 Å².